The van der Waals surface area contributed by atoms with Crippen LogP contribution in [0.2, 0.25) is 5.02 Å². The Bertz CT molecular complexity index is 1080. The number of rotatable bonds is 2. The summed E-state index contributed by atoms with van der Waals surface area (Å²) in [4.78, 5) is 26.0. The molecule has 3 aromatic rings. The van der Waals surface area contributed by atoms with Crippen LogP contribution in [-0.4, -0.2) is 43.7 Å². The molecule has 0 radical (unpaired) electrons. The zero-order valence-corrected chi connectivity index (χ0v) is 17.1. The van der Waals surface area contributed by atoms with E-state index in [0.717, 1.165) is 43.0 Å². The van der Waals surface area contributed by atoms with Crippen LogP contribution in [0.4, 0.5) is 10.5 Å². The number of urea groups is 1. The van der Waals surface area contributed by atoms with Gasteiger partial charge in [0.05, 0.1) is 23.6 Å². The van der Waals surface area contributed by atoms with E-state index in [0.29, 0.717) is 29.0 Å². The fourth-order valence-corrected chi connectivity index (χ4v) is 4.04. The molecule has 2 aliphatic rings. The first-order valence-corrected chi connectivity index (χ1v) is 10.2. The molecule has 9 heteroatoms. The average Bonchev–Trinajstić information content (AvgIpc) is 3.46. The Kier molecular flexibility index (Phi) is 4.31. The Morgan fingerprint density at radius 2 is 2.00 bits per heavy atom. The van der Waals surface area contributed by atoms with Crippen LogP contribution >= 0.6 is 11.6 Å². The van der Waals surface area contributed by atoms with Crippen molar-refractivity contribution in [2.24, 2.45) is 0 Å². The molecule has 0 bridgehead atoms. The molecular weight excluding hydrogens is 392 g/mol. The minimum absolute atomic E-state index is 0.0159. The molecule has 1 saturated heterocycles. The van der Waals surface area contributed by atoms with Gasteiger partial charge in [0.1, 0.15) is 6.33 Å². The predicted octanol–water partition coefficient (Wildman–Crippen LogP) is 4.23. The van der Waals surface area contributed by atoms with E-state index >= 15 is 0 Å². The largest absolute Gasteiger partial charge is 0.332 e. The number of aromatic nitrogens is 4. The maximum atomic E-state index is 13.3. The fraction of sp³-hybridized carbons (Fsp3) is 0.400. The number of imidazole rings is 1. The summed E-state index contributed by atoms with van der Waals surface area (Å²) >= 11 is 6.26. The number of carbonyl (C=O) groups excluding carboxylic acids is 1. The first-order chi connectivity index (χ1) is 14.0. The number of carbonyl (C=O) groups is 1. The van der Waals surface area contributed by atoms with Crippen LogP contribution in [0.15, 0.2) is 29.0 Å². The second-order valence-corrected chi connectivity index (χ2v) is 8.15. The SMILES string of the molecule is CC(C)c1noc(-c2ncn3c2CN(C(=O)N2CCCC2)c2cc(Cl)ccc2-3)n1. The minimum Gasteiger partial charge on any atom is -0.332 e. The normalized spacial score (nSPS) is 15.7. The minimum atomic E-state index is -0.0159. The third kappa shape index (κ3) is 2.98. The van der Waals surface area contributed by atoms with Crippen molar-refractivity contribution in [2.45, 2.75) is 39.2 Å². The van der Waals surface area contributed by atoms with Crippen LogP contribution in [0.1, 0.15) is 44.1 Å². The third-order valence-corrected chi connectivity index (χ3v) is 5.67. The molecule has 0 unspecified atom stereocenters. The number of nitrogens with zero attached hydrogens (tertiary/aromatic N) is 6. The third-order valence-electron chi connectivity index (χ3n) is 5.43. The Hall–Kier alpha value is -2.87. The number of benzene rings is 1. The van der Waals surface area contributed by atoms with Gasteiger partial charge in [-0.25, -0.2) is 9.78 Å². The van der Waals surface area contributed by atoms with Gasteiger partial charge in [-0.05, 0) is 31.0 Å². The van der Waals surface area contributed by atoms with Crippen molar-refractivity contribution in [2.75, 3.05) is 18.0 Å². The highest BCUT2D eigenvalue weighted by Gasteiger charge is 2.34. The van der Waals surface area contributed by atoms with Crippen LogP contribution in [0.25, 0.3) is 17.3 Å². The van der Waals surface area contributed by atoms with Gasteiger partial charge in [-0.2, -0.15) is 4.98 Å². The van der Waals surface area contributed by atoms with E-state index < -0.39 is 0 Å². The molecule has 150 valence electrons. The lowest BCUT2D eigenvalue weighted by Gasteiger charge is -2.33. The van der Waals surface area contributed by atoms with E-state index in [4.69, 9.17) is 16.1 Å². The lowest BCUT2D eigenvalue weighted by atomic mass is 10.1. The zero-order chi connectivity index (χ0) is 20.1. The summed E-state index contributed by atoms with van der Waals surface area (Å²) in [6.07, 6.45) is 3.80. The standard InChI is InChI=1S/C20H21ClN6O2/c1-12(2)18-23-19(29-24-18)17-16-10-26(20(28)25-7-3-4-8-25)15-9-13(21)5-6-14(15)27(16)11-22-17/h5-6,9,11-12H,3-4,7-8,10H2,1-2H3. The van der Waals surface area contributed by atoms with E-state index in [9.17, 15) is 4.79 Å². The Labute approximate surface area is 173 Å². The molecule has 1 aromatic carbocycles. The van der Waals surface area contributed by atoms with Gasteiger partial charge in [0.2, 0.25) is 0 Å². The Balaban J connectivity index is 1.61. The van der Waals surface area contributed by atoms with Crippen LogP contribution in [-0.2, 0) is 6.54 Å². The van der Waals surface area contributed by atoms with Gasteiger partial charge >= 0.3 is 6.03 Å². The number of halogens is 1. The van der Waals surface area contributed by atoms with Crippen molar-refractivity contribution in [1.82, 2.24) is 24.6 Å². The molecule has 0 spiro atoms. The zero-order valence-electron chi connectivity index (χ0n) is 16.3. The quantitative estimate of drug-likeness (QED) is 0.629. The molecule has 0 N–H and O–H groups in total. The van der Waals surface area contributed by atoms with Crippen molar-refractivity contribution in [3.8, 4) is 17.3 Å². The second-order valence-electron chi connectivity index (χ2n) is 7.72. The van der Waals surface area contributed by atoms with Crippen molar-refractivity contribution in [3.05, 3.63) is 41.1 Å². The summed E-state index contributed by atoms with van der Waals surface area (Å²) < 4.78 is 7.43. The Morgan fingerprint density at radius 1 is 1.21 bits per heavy atom. The molecule has 1 fully saturated rings. The van der Waals surface area contributed by atoms with Gasteiger partial charge in [-0.15, -0.1) is 0 Å². The first-order valence-electron chi connectivity index (χ1n) is 9.79. The molecule has 2 aromatic heterocycles. The molecule has 0 atom stereocenters. The number of hydrogen-bond donors (Lipinski definition) is 0. The number of anilines is 1. The molecule has 2 aliphatic heterocycles. The smallest absolute Gasteiger partial charge is 0.324 e. The first kappa shape index (κ1) is 18.2. The highest BCUT2D eigenvalue weighted by atomic mass is 35.5. The van der Waals surface area contributed by atoms with Gasteiger partial charge in [-0.3, -0.25) is 9.47 Å². The molecule has 0 saturated carbocycles. The molecule has 2 amide bonds. The number of fused-ring (bicyclic) bond motifs is 3. The van der Waals surface area contributed by atoms with Crippen LogP contribution in [0, 0.1) is 0 Å². The van der Waals surface area contributed by atoms with Crippen LogP contribution < -0.4 is 4.90 Å². The van der Waals surface area contributed by atoms with E-state index in [-0.39, 0.29) is 11.9 Å². The van der Waals surface area contributed by atoms with Gasteiger partial charge in [0.15, 0.2) is 11.5 Å². The molecular formula is C20H21ClN6O2. The molecule has 0 aliphatic carbocycles. The van der Waals surface area contributed by atoms with E-state index in [2.05, 4.69) is 15.1 Å². The van der Waals surface area contributed by atoms with E-state index in [1.807, 2.05) is 41.5 Å². The summed E-state index contributed by atoms with van der Waals surface area (Å²) in [7, 11) is 0. The van der Waals surface area contributed by atoms with Crippen molar-refractivity contribution >= 4 is 23.3 Å². The van der Waals surface area contributed by atoms with E-state index in [1.165, 1.54) is 0 Å². The summed E-state index contributed by atoms with van der Waals surface area (Å²) in [6.45, 7) is 5.93. The lowest BCUT2D eigenvalue weighted by molar-refractivity contribution is 0.214. The highest BCUT2D eigenvalue weighted by molar-refractivity contribution is 6.31. The second kappa shape index (κ2) is 6.88. The summed E-state index contributed by atoms with van der Waals surface area (Å²) in [6, 6.07) is 5.54. The fourth-order valence-electron chi connectivity index (χ4n) is 3.88. The van der Waals surface area contributed by atoms with Crippen molar-refractivity contribution in [1.29, 1.82) is 0 Å². The summed E-state index contributed by atoms with van der Waals surface area (Å²) in [5.41, 5.74) is 3.07. The van der Waals surface area contributed by atoms with Gasteiger partial charge < -0.3 is 9.42 Å². The molecule has 5 rings (SSSR count). The maximum Gasteiger partial charge on any atom is 0.324 e. The van der Waals surface area contributed by atoms with Crippen LogP contribution in [0.3, 0.4) is 0 Å². The number of likely N-dealkylation sites (tertiary alicyclic amines) is 1. The topological polar surface area (TPSA) is 80.3 Å². The summed E-state index contributed by atoms with van der Waals surface area (Å²) in [5, 5.41) is 4.64. The van der Waals surface area contributed by atoms with Crippen molar-refractivity contribution < 1.29 is 9.32 Å². The molecule has 4 heterocycles. The maximum absolute atomic E-state index is 13.3. The number of hydrogen-bond acceptors (Lipinski definition) is 5. The van der Waals surface area contributed by atoms with Crippen LogP contribution in [0.5, 0.6) is 0 Å². The lowest BCUT2D eigenvalue weighted by Crippen LogP contribution is -2.43. The Morgan fingerprint density at radius 3 is 2.72 bits per heavy atom. The van der Waals surface area contributed by atoms with Gasteiger partial charge in [0, 0.05) is 24.0 Å². The summed E-state index contributed by atoms with van der Waals surface area (Å²) in [5.74, 6) is 1.16. The van der Waals surface area contributed by atoms with Gasteiger partial charge in [0.25, 0.3) is 5.89 Å². The average molecular weight is 413 g/mol. The van der Waals surface area contributed by atoms with Crippen molar-refractivity contribution in [3.63, 3.8) is 0 Å². The molecule has 8 nitrogen and oxygen atoms in total. The number of amides is 2. The van der Waals surface area contributed by atoms with E-state index in [1.54, 1.807) is 11.2 Å². The molecule has 29 heavy (non-hydrogen) atoms. The van der Waals surface area contributed by atoms with Gasteiger partial charge in [-0.1, -0.05) is 30.6 Å². The predicted molar refractivity (Wildman–Crippen MR) is 108 cm³/mol. The highest BCUT2D eigenvalue weighted by Crippen LogP contribution is 2.38. The monoisotopic (exact) mass is 412 g/mol.